The predicted octanol–water partition coefficient (Wildman–Crippen LogP) is 6.41. The predicted molar refractivity (Wildman–Crippen MR) is 159 cm³/mol. The van der Waals surface area contributed by atoms with Crippen molar-refractivity contribution < 1.29 is 14.1 Å². The van der Waals surface area contributed by atoms with Crippen LogP contribution in [0.25, 0.3) is 26.4 Å². The zero-order valence-corrected chi connectivity index (χ0v) is 23.9. The van der Waals surface area contributed by atoms with E-state index in [1.54, 1.807) is 17.4 Å². The van der Waals surface area contributed by atoms with Crippen molar-refractivity contribution in [3.63, 3.8) is 0 Å². The van der Waals surface area contributed by atoms with Crippen LogP contribution in [0, 0.1) is 0 Å². The summed E-state index contributed by atoms with van der Waals surface area (Å²) >= 11 is 1.71. The van der Waals surface area contributed by atoms with Gasteiger partial charge in [-0.05, 0) is 49.2 Å². The number of urea groups is 1. The fraction of sp³-hybridized carbons (Fsp3) is 0.367. The maximum Gasteiger partial charge on any atom is 0.324 e. The van der Waals surface area contributed by atoms with Gasteiger partial charge in [-0.2, -0.15) is 0 Å². The molecule has 1 saturated heterocycles. The smallest absolute Gasteiger partial charge is 0.324 e. The summed E-state index contributed by atoms with van der Waals surface area (Å²) in [5, 5.41) is 9.48. The van der Waals surface area contributed by atoms with Crippen molar-refractivity contribution in [2.24, 2.45) is 0 Å². The highest BCUT2D eigenvalue weighted by molar-refractivity contribution is 7.23. The lowest BCUT2D eigenvalue weighted by atomic mass is 9.93. The molecule has 2 aromatic carbocycles. The van der Waals surface area contributed by atoms with E-state index in [0.29, 0.717) is 17.3 Å². The van der Waals surface area contributed by atoms with Gasteiger partial charge in [0.05, 0.1) is 29.1 Å². The number of nitrogens with zero attached hydrogens (tertiary/aromatic N) is 4. The SMILES string of the molecule is CC(C)(C)c1cc(NC(=O)Nc2ccc(-c3cn4c(n3)sc3cc(CCCN5CCOCC5)ccc34)cc2)no1. The highest BCUT2D eigenvalue weighted by Crippen LogP contribution is 2.31. The van der Waals surface area contributed by atoms with E-state index in [1.807, 2.05) is 45.0 Å². The second-order valence-electron chi connectivity index (χ2n) is 11.2. The number of hydrogen-bond donors (Lipinski definition) is 2. The third kappa shape index (κ3) is 5.89. The van der Waals surface area contributed by atoms with Crippen LogP contribution in [0.3, 0.4) is 0 Å². The quantitative estimate of drug-likeness (QED) is 0.240. The number of benzene rings is 2. The fourth-order valence-corrected chi connectivity index (χ4v) is 5.93. The van der Waals surface area contributed by atoms with E-state index in [9.17, 15) is 4.79 Å². The minimum Gasteiger partial charge on any atom is -0.379 e. The van der Waals surface area contributed by atoms with Crippen molar-refractivity contribution in [3.05, 3.63) is 66.1 Å². The number of carbonyl (C=O) groups is 1. The number of rotatable bonds is 7. The first kappa shape index (κ1) is 26.5. The number of morpholine rings is 1. The molecular formula is C30H34N6O3S. The Kier molecular flexibility index (Phi) is 7.31. The summed E-state index contributed by atoms with van der Waals surface area (Å²) in [6, 6.07) is 15.8. The molecular weight excluding hydrogens is 524 g/mol. The molecule has 0 spiro atoms. The number of imidazole rings is 1. The fourth-order valence-electron chi connectivity index (χ4n) is 4.86. The van der Waals surface area contributed by atoms with Gasteiger partial charge in [0, 0.05) is 42.0 Å². The van der Waals surface area contributed by atoms with Crippen molar-refractivity contribution in [1.82, 2.24) is 19.4 Å². The second-order valence-corrected chi connectivity index (χ2v) is 12.2. The molecule has 0 aliphatic carbocycles. The van der Waals surface area contributed by atoms with Gasteiger partial charge >= 0.3 is 6.03 Å². The molecule has 5 aromatic rings. The summed E-state index contributed by atoms with van der Waals surface area (Å²) in [6.45, 7) is 11.0. The van der Waals surface area contributed by atoms with Crippen LogP contribution in [0.15, 0.2) is 59.3 Å². The van der Waals surface area contributed by atoms with Crippen LogP contribution >= 0.6 is 11.3 Å². The molecule has 0 saturated carbocycles. The summed E-state index contributed by atoms with van der Waals surface area (Å²) in [5.41, 5.74) is 4.92. The van der Waals surface area contributed by atoms with Gasteiger partial charge in [0.1, 0.15) is 5.76 Å². The maximum absolute atomic E-state index is 12.4. The summed E-state index contributed by atoms with van der Waals surface area (Å²) in [7, 11) is 0. The number of nitrogens with one attached hydrogen (secondary N) is 2. The van der Waals surface area contributed by atoms with Gasteiger partial charge in [-0.25, -0.2) is 9.78 Å². The summed E-state index contributed by atoms with van der Waals surface area (Å²) in [5.74, 6) is 1.09. The van der Waals surface area contributed by atoms with E-state index in [0.717, 1.165) is 61.9 Å². The summed E-state index contributed by atoms with van der Waals surface area (Å²) < 4.78 is 14.2. The molecule has 2 amide bonds. The lowest BCUT2D eigenvalue weighted by Gasteiger charge is -2.26. The molecule has 0 radical (unpaired) electrons. The van der Waals surface area contributed by atoms with E-state index >= 15 is 0 Å². The molecule has 10 heteroatoms. The first-order valence-corrected chi connectivity index (χ1v) is 14.5. The van der Waals surface area contributed by atoms with Gasteiger partial charge < -0.3 is 14.6 Å². The minimum atomic E-state index is -0.379. The first-order chi connectivity index (χ1) is 19.3. The highest BCUT2D eigenvalue weighted by Gasteiger charge is 2.20. The average Bonchev–Trinajstić information content (AvgIpc) is 3.64. The van der Waals surface area contributed by atoms with Crippen LogP contribution in [-0.2, 0) is 16.6 Å². The normalized spacial score (nSPS) is 14.7. The largest absolute Gasteiger partial charge is 0.379 e. The molecule has 0 unspecified atom stereocenters. The third-order valence-electron chi connectivity index (χ3n) is 7.13. The van der Waals surface area contributed by atoms with E-state index < -0.39 is 0 Å². The number of anilines is 2. The van der Waals surface area contributed by atoms with Crippen LogP contribution in [0.5, 0.6) is 0 Å². The molecule has 3 aromatic heterocycles. The maximum atomic E-state index is 12.4. The Bertz CT molecular complexity index is 1620. The number of hydrogen-bond acceptors (Lipinski definition) is 7. The van der Waals surface area contributed by atoms with Crippen LogP contribution in [0.2, 0.25) is 0 Å². The summed E-state index contributed by atoms with van der Waals surface area (Å²) in [6.07, 6.45) is 4.32. The van der Waals surface area contributed by atoms with Gasteiger partial charge in [-0.1, -0.05) is 55.5 Å². The van der Waals surface area contributed by atoms with Gasteiger partial charge in [-0.15, -0.1) is 0 Å². The van der Waals surface area contributed by atoms with Crippen LogP contribution in [0.1, 0.15) is 38.5 Å². The van der Waals surface area contributed by atoms with Gasteiger partial charge in [0.15, 0.2) is 10.8 Å². The number of carbonyl (C=O) groups excluding carboxylic acids is 1. The Morgan fingerprint density at radius 2 is 1.85 bits per heavy atom. The van der Waals surface area contributed by atoms with E-state index in [1.165, 1.54) is 15.8 Å². The lowest BCUT2D eigenvalue weighted by molar-refractivity contribution is 0.0375. The Morgan fingerprint density at radius 1 is 1.05 bits per heavy atom. The zero-order valence-electron chi connectivity index (χ0n) is 23.1. The molecule has 40 heavy (non-hydrogen) atoms. The average molecular weight is 559 g/mol. The number of amides is 2. The minimum absolute atomic E-state index is 0.181. The standard InChI is InChI=1S/C30H34N6O3S/c1-30(2,3)26-18-27(34-39-26)33-28(37)31-22-9-7-21(8-10-22)23-19-36-24-11-6-20(17-25(24)40-29(36)32-23)5-4-12-35-13-15-38-16-14-35/h6-11,17-19H,4-5,12-16H2,1-3H3,(H2,31,33,34,37). The van der Waals surface area contributed by atoms with E-state index in [2.05, 4.69) is 49.5 Å². The second kappa shape index (κ2) is 11.0. The van der Waals surface area contributed by atoms with E-state index in [-0.39, 0.29) is 11.4 Å². The van der Waals surface area contributed by atoms with Crippen molar-refractivity contribution in [3.8, 4) is 11.3 Å². The molecule has 208 valence electrons. The first-order valence-electron chi connectivity index (χ1n) is 13.7. The molecule has 9 nitrogen and oxygen atoms in total. The van der Waals surface area contributed by atoms with Gasteiger partial charge in [0.2, 0.25) is 0 Å². The molecule has 0 bridgehead atoms. The Labute approximate surface area is 237 Å². The van der Waals surface area contributed by atoms with Crippen molar-refractivity contribution in [2.45, 2.75) is 39.0 Å². The highest BCUT2D eigenvalue weighted by atomic mass is 32.1. The monoisotopic (exact) mass is 558 g/mol. The van der Waals surface area contributed by atoms with Crippen LogP contribution < -0.4 is 10.6 Å². The number of fused-ring (bicyclic) bond motifs is 3. The topological polar surface area (TPSA) is 96.9 Å². The molecule has 6 rings (SSSR count). The number of thiazole rings is 1. The van der Waals surface area contributed by atoms with E-state index in [4.69, 9.17) is 14.2 Å². The molecule has 4 heterocycles. The van der Waals surface area contributed by atoms with Crippen molar-refractivity contribution in [2.75, 3.05) is 43.5 Å². The number of ether oxygens (including phenoxy) is 1. The number of aromatic nitrogens is 3. The van der Waals surface area contributed by atoms with Gasteiger partial charge in [-0.3, -0.25) is 14.6 Å². The zero-order chi connectivity index (χ0) is 27.7. The third-order valence-corrected chi connectivity index (χ3v) is 8.15. The number of aryl methyl sites for hydroxylation is 1. The van der Waals surface area contributed by atoms with Crippen LogP contribution in [0.4, 0.5) is 16.3 Å². The Balaban J connectivity index is 1.08. The molecule has 0 atom stereocenters. The molecule has 1 aliphatic heterocycles. The molecule has 1 aliphatic rings. The lowest BCUT2D eigenvalue weighted by Crippen LogP contribution is -2.36. The Morgan fingerprint density at radius 3 is 2.60 bits per heavy atom. The summed E-state index contributed by atoms with van der Waals surface area (Å²) in [4.78, 5) is 20.8. The molecule has 2 N–H and O–H groups in total. The molecule has 1 fully saturated rings. The Hall–Kier alpha value is -3.73. The van der Waals surface area contributed by atoms with Crippen LogP contribution in [-0.4, -0.2) is 58.3 Å². The van der Waals surface area contributed by atoms with Crippen molar-refractivity contribution >= 4 is 44.1 Å². The van der Waals surface area contributed by atoms with Crippen molar-refractivity contribution in [1.29, 1.82) is 0 Å². The van der Waals surface area contributed by atoms with Gasteiger partial charge in [0.25, 0.3) is 0 Å².